The van der Waals surface area contributed by atoms with Crippen LogP contribution in [0.15, 0.2) is 27.8 Å². The second kappa shape index (κ2) is 10.9. The van der Waals surface area contributed by atoms with E-state index in [2.05, 4.69) is 15.5 Å². The number of carbonyl (C=O) groups excluding carboxylic acids is 2. The van der Waals surface area contributed by atoms with E-state index >= 15 is 0 Å². The maximum Gasteiger partial charge on any atom is 0.341 e. The number of aryl methyl sites for hydroxylation is 1. The minimum atomic E-state index is -0.390. The van der Waals surface area contributed by atoms with Crippen molar-refractivity contribution >= 4 is 40.0 Å². The van der Waals surface area contributed by atoms with Crippen molar-refractivity contribution in [2.75, 3.05) is 31.9 Å². The van der Waals surface area contributed by atoms with Crippen molar-refractivity contribution < 1.29 is 28.2 Å². The number of esters is 1. The summed E-state index contributed by atoms with van der Waals surface area (Å²) < 4.78 is 21.6. The lowest BCUT2D eigenvalue weighted by Crippen LogP contribution is -2.17. The summed E-state index contributed by atoms with van der Waals surface area (Å²) >= 11 is 2.57. The Bertz CT molecular complexity index is 1190. The average Bonchev–Trinajstić information content (AvgIpc) is 3.47. The molecule has 9 nitrogen and oxygen atoms in total. The quantitative estimate of drug-likeness (QED) is 0.330. The molecule has 1 amide bonds. The van der Waals surface area contributed by atoms with Crippen LogP contribution in [-0.2, 0) is 22.4 Å². The smallest absolute Gasteiger partial charge is 0.341 e. The van der Waals surface area contributed by atoms with Crippen molar-refractivity contribution in [1.29, 1.82) is 0 Å². The fourth-order valence-corrected chi connectivity index (χ4v) is 5.58. The van der Waals surface area contributed by atoms with Crippen LogP contribution >= 0.6 is 23.1 Å². The summed E-state index contributed by atoms with van der Waals surface area (Å²) in [4.78, 5) is 26.4. The summed E-state index contributed by atoms with van der Waals surface area (Å²) in [5, 5.41) is 11.8. The van der Waals surface area contributed by atoms with E-state index in [0.717, 1.165) is 47.9 Å². The number of methoxy groups -OCH3 is 2. The number of aromatic nitrogens is 2. The molecule has 1 aliphatic carbocycles. The van der Waals surface area contributed by atoms with Gasteiger partial charge in [0.05, 0.1) is 37.7 Å². The molecule has 0 aliphatic heterocycles. The summed E-state index contributed by atoms with van der Waals surface area (Å²) in [6, 6.07) is 5.26. The third-order valence-corrected chi connectivity index (χ3v) is 7.30. The molecule has 180 valence electrons. The highest BCUT2D eigenvalue weighted by Crippen LogP contribution is 2.39. The van der Waals surface area contributed by atoms with Gasteiger partial charge in [-0.2, -0.15) is 0 Å². The Morgan fingerprint density at radius 1 is 1.18 bits per heavy atom. The monoisotopic (exact) mass is 503 g/mol. The van der Waals surface area contributed by atoms with E-state index in [1.165, 1.54) is 11.3 Å². The molecule has 1 N–H and O–H groups in total. The molecule has 0 atom stereocenters. The second-order valence-corrected chi connectivity index (χ2v) is 9.44. The normalized spacial score (nSPS) is 12.7. The van der Waals surface area contributed by atoms with E-state index in [0.29, 0.717) is 27.6 Å². The topological polar surface area (TPSA) is 113 Å². The van der Waals surface area contributed by atoms with E-state index in [1.807, 2.05) is 0 Å². The van der Waals surface area contributed by atoms with Crippen LogP contribution in [0.5, 0.6) is 11.5 Å². The molecule has 4 rings (SSSR count). The van der Waals surface area contributed by atoms with E-state index in [9.17, 15) is 9.59 Å². The van der Waals surface area contributed by atoms with E-state index in [4.69, 9.17) is 18.6 Å². The number of ether oxygens (including phenoxy) is 3. The molecule has 0 bridgehead atoms. The number of fused-ring (bicyclic) bond motifs is 1. The predicted octanol–water partition coefficient (Wildman–Crippen LogP) is 4.60. The second-order valence-electron chi connectivity index (χ2n) is 7.41. The lowest BCUT2D eigenvalue weighted by molar-refractivity contribution is -0.113. The van der Waals surface area contributed by atoms with E-state index < -0.39 is 5.97 Å². The molecule has 2 aromatic heterocycles. The third-order valence-electron chi connectivity index (χ3n) is 5.27. The number of benzene rings is 1. The molecule has 0 spiro atoms. The van der Waals surface area contributed by atoms with Crippen LogP contribution < -0.4 is 14.8 Å². The first-order valence-corrected chi connectivity index (χ1v) is 12.6. The Hall–Kier alpha value is -3.05. The highest BCUT2D eigenvalue weighted by molar-refractivity contribution is 7.99. The summed E-state index contributed by atoms with van der Waals surface area (Å²) in [6.07, 6.45) is 3.84. The number of hydrogen-bond donors (Lipinski definition) is 1. The number of carbonyl (C=O) groups is 2. The molecule has 34 heavy (non-hydrogen) atoms. The Morgan fingerprint density at radius 2 is 2.00 bits per heavy atom. The first-order valence-electron chi connectivity index (χ1n) is 10.8. The van der Waals surface area contributed by atoms with Gasteiger partial charge in [-0.25, -0.2) is 4.79 Å². The third kappa shape index (κ3) is 5.20. The molecule has 3 aromatic rings. The van der Waals surface area contributed by atoms with Crippen LogP contribution in [0.3, 0.4) is 0 Å². The lowest BCUT2D eigenvalue weighted by Gasteiger charge is -2.12. The molecular weight excluding hydrogens is 478 g/mol. The SMILES string of the molecule is CCOC(=O)c1c(NC(=O)CSc2nnc(-c3cc(OC)ccc3OC)o2)sc2c1CCCC2. The molecule has 1 aliphatic rings. The van der Waals surface area contributed by atoms with Gasteiger partial charge < -0.3 is 23.9 Å². The van der Waals surface area contributed by atoms with Crippen molar-refractivity contribution in [1.82, 2.24) is 10.2 Å². The fourth-order valence-electron chi connectivity index (χ4n) is 3.72. The predicted molar refractivity (Wildman–Crippen MR) is 129 cm³/mol. The number of hydrogen-bond acceptors (Lipinski definition) is 10. The number of nitrogens with one attached hydrogen (secondary N) is 1. The van der Waals surface area contributed by atoms with Gasteiger partial charge in [-0.05, 0) is 56.4 Å². The fraction of sp³-hybridized carbons (Fsp3) is 0.391. The Morgan fingerprint density at radius 3 is 2.76 bits per heavy atom. The van der Waals surface area contributed by atoms with Crippen LogP contribution in [0, 0.1) is 0 Å². The zero-order valence-electron chi connectivity index (χ0n) is 19.1. The van der Waals surface area contributed by atoms with Gasteiger partial charge in [0, 0.05) is 4.88 Å². The highest BCUT2D eigenvalue weighted by atomic mass is 32.2. The van der Waals surface area contributed by atoms with Crippen molar-refractivity contribution in [3.63, 3.8) is 0 Å². The molecule has 0 unspecified atom stereocenters. The Labute approximate surface area is 205 Å². The maximum absolute atomic E-state index is 12.7. The Kier molecular flexibility index (Phi) is 7.73. The molecule has 0 radical (unpaired) electrons. The van der Waals surface area contributed by atoms with Gasteiger partial charge in [-0.3, -0.25) is 4.79 Å². The van der Waals surface area contributed by atoms with Gasteiger partial charge in [0.15, 0.2) is 0 Å². The minimum Gasteiger partial charge on any atom is -0.497 e. The summed E-state index contributed by atoms with van der Waals surface area (Å²) in [5.41, 5.74) is 2.09. The standard InChI is InChI=1S/C23H25N3O6S2/c1-4-31-22(28)19-14-7-5-6-8-17(14)34-21(19)24-18(27)12-33-23-26-25-20(32-23)15-11-13(29-2)9-10-16(15)30-3/h9-11H,4-8,12H2,1-3H3,(H,24,27). The zero-order valence-corrected chi connectivity index (χ0v) is 20.8. The van der Waals surface area contributed by atoms with Gasteiger partial charge >= 0.3 is 5.97 Å². The average molecular weight is 504 g/mol. The minimum absolute atomic E-state index is 0.0434. The molecule has 2 heterocycles. The van der Waals surface area contributed by atoms with Gasteiger partial charge in [0.2, 0.25) is 5.91 Å². The summed E-state index contributed by atoms with van der Waals surface area (Å²) in [7, 11) is 3.12. The molecule has 11 heteroatoms. The van der Waals surface area contributed by atoms with Crippen molar-refractivity contribution in [3.05, 3.63) is 34.2 Å². The zero-order chi connectivity index (χ0) is 24.1. The van der Waals surface area contributed by atoms with Crippen LogP contribution in [0.4, 0.5) is 5.00 Å². The van der Waals surface area contributed by atoms with E-state index in [-0.39, 0.29) is 29.4 Å². The number of nitrogens with zero attached hydrogens (tertiary/aromatic N) is 2. The summed E-state index contributed by atoms with van der Waals surface area (Å²) in [6.45, 7) is 2.05. The van der Waals surface area contributed by atoms with Crippen LogP contribution in [0.1, 0.15) is 40.6 Å². The van der Waals surface area contributed by atoms with Crippen LogP contribution in [0.2, 0.25) is 0 Å². The molecule has 0 saturated carbocycles. The van der Waals surface area contributed by atoms with Gasteiger partial charge in [0.25, 0.3) is 11.1 Å². The van der Waals surface area contributed by atoms with Gasteiger partial charge in [-0.15, -0.1) is 21.5 Å². The molecular formula is C23H25N3O6S2. The van der Waals surface area contributed by atoms with Crippen LogP contribution in [-0.4, -0.2) is 48.7 Å². The van der Waals surface area contributed by atoms with Crippen molar-refractivity contribution in [3.8, 4) is 23.0 Å². The van der Waals surface area contributed by atoms with Crippen molar-refractivity contribution in [2.45, 2.75) is 37.8 Å². The molecule has 0 fully saturated rings. The van der Waals surface area contributed by atoms with Crippen LogP contribution in [0.25, 0.3) is 11.5 Å². The first-order chi connectivity index (χ1) is 16.5. The number of anilines is 1. The largest absolute Gasteiger partial charge is 0.497 e. The maximum atomic E-state index is 12.7. The Balaban J connectivity index is 1.45. The first kappa shape index (κ1) is 24.1. The molecule has 0 saturated heterocycles. The van der Waals surface area contributed by atoms with Crippen molar-refractivity contribution in [2.24, 2.45) is 0 Å². The number of thioether (sulfide) groups is 1. The number of thiophene rings is 1. The summed E-state index contributed by atoms with van der Waals surface area (Å²) in [5.74, 6) is 0.827. The van der Waals surface area contributed by atoms with Gasteiger partial charge in [0.1, 0.15) is 16.5 Å². The lowest BCUT2D eigenvalue weighted by atomic mass is 9.95. The van der Waals surface area contributed by atoms with Gasteiger partial charge in [-0.1, -0.05) is 11.8 Å². The number of amides is 1. The number of rotatable bonds is 9. The van der Waals surface area contributed by atoms with E-state index in [1.54, 1.807) is 39.3 Å². The molecule has 1 aromatic carbocycles. The highest BCUT2D eigenvalue weighted by Gasteiger charge is 2.27.